The van der Waals surface area contributed by atoms with Crippen LogP contribution in [-0.2, 0) is 4.74 Å². The lowest BCUT2D eigenvalue weighted by Crippen LogP contribution is -2.47. The zero-order chi connectivity index (χ0) is 24.9. The molecule has 0 saturated carbocycles. The molecule has 1 N–H and O–H groups in total. The average Bonchev–Trinajstić information content (AvgIpc) is 2.93. The highest BCUT2D eigenvalue weighted by molar-refractivity contribution is 6.31. The second-order valence-corrected chi connectivity index (χ2v) is 9.35. The van der Waals surface area contributed by atoms with Crippen LogP contribution in [0.1, 0.15) is 10.5 Å². The number of aromatic nitrogens is 2. The zero-order valence-electron chi connectivity index (χ0n) is 20.5. The van der Waals surface area contributed by atoms with Crippen LogP contribution in [0.5, 0.6) is 5.75 Å². The normalized spacial score (nSPS) is 16.8. The Morgan fingerprint density at radius 3 is 2.47 bits per heavy atom. The van der Waals surface area contributed by atoms with E-state index in [1.165, 1.54) is 0 Å². The van der Waals surface area contributed by atoms with Crippen molar-refractivity contribution in [2.45, 2.75) is 0 Å². The Bertz CT molecular complexity index is 1210. The predicted octanol–water partition coefficient (Wildman–Crippen LogP) is 2.68. The highest BCUT2D eigenvalue weighted by Gasteiger charge is 2.24. The first kappa shape index (κ1) is 24.5. The van der Waals surface area contributed by atoms with Gasteiger partial charge in [0.1, 0.15) is 5.75 Å². The van der Waals surface area contributed by atoms with Crippen molar-refractivity contribution < 1.29 is 14.3 Å². The van der Waals surface area contributed by atoms with Crippen LogP contribution in [0, 0.1) is 0 Å². The predicted molar refractivity (Wildman–Crippen MR) is 142 cm³/mol. The summed E-state index contributed by atoms with van der Waals surface area (Å²) in [5.41, 5.74) is 1.35. The van der Waals surface area contributed by atoms with Crippen molar-refractivity contribution in [3.05, 3.63) is 53.2 Å². The topological polar surface area (TPSA) is 83.1 Å². The first-order valence-corrected chi connectivity index (χ1v) is 12.7. The van der Waals surface area contributed by atoms with Crippen LogP contribution < -0.4 is 19.9 Å². The van der Waals surface area contributed by atoms with Crippen LogP contribution in [0.15, 0.2) is 42.5 Å². The lowest BCUT2D eigenvalue weighted by Gasteiger charge is -2.37. The first-order chi connectivity index (χ1) is 17.6. The van der Waals surface area contributed by atoms with E-state index in [9.17, 15) is 4.79 Å². The van der Waals surface area contributed by atoms with Gasteiger partial charge in [-0.15, -0.1) is 10.2 Å². The Kier molecular flexibility index (Phi) is 7.69. The molecule has 0 radical (unpaired) electrons. The van der Waals surface area contributed by atoms with Crippen molar-refractivity contribution in [1.29, 1.82) is 0 Å². The van der Waals surface area contributed by atoms with Gasteiger partial charge in [0.25, 0.3) is 5.91 Å². The van der Waals surface area contributed by atoms with Crippen molar-refractivity contribution in [2.75, 3.05) is 82.5 Å². The third-order valence-corrected chi connectivity index (χ3v) is 7.00. The Morgan fingerprint density at radius 2 is 1.72 bits per heavy atom. The lowest BCUT2D eigenvalue weighted by molar-refractivity contribution is 0.0383. The molecule has 0 aliphatic carbocycles. The van der Waals surface area contributed by atoms with Gasteiger partial charge >= 0.3 is 0 Å². The molecule has 5 rings (SSSR count). The average molecular weight is 511 g/mol. The van der Waals surface area contributed by atoms with E-state index in [1.54, 1.807) is 7.11 Å². The largest absolute Gasteiger partial charge is 0.495 e. The van der Waals surface area contributed by atoms with Gasteiger partial charge in [-0.25, -0.2) is 0 Å². The summed E-state index contributed by atoms with van der Waals surface area (Å²) < 4.78 is 10.9. The number of amides is 1. The number of nitrogens with zero attached hydrogens (tertiary/aromatic N) is 5. The first-order valence-electron chi connectivity index (χ1n) is 12.3. The number of methoxy groups -OCH3 is 1. The fraction of sp³-hybridized carbons (Fsp3) is 0.423. The number of piperazine rings is 1. The highest BCUT2D eigenvalue weighted by atomic mass is 35.5. The number of ether oxygens (including phenoxy) is 2. The number of rotatable bonds is 7. The minimum atomic E-state index is -0.198. The van der Waals surface area contributed by atoms with E-state index < -0.39 is 0 Å². The van der Waals surface area contributed by atoms with E-state index >= 15 is 0 Å². The maximum absolute atomic E-state index is 13.0. The third-order valence-electron chi connectivity index (χ3n) is 6.76. The van der Waals surface area contributed by atoms with Gasteiger partial charge in [0.2, 0.25) is 0 Å². The van der Waals surface area contributed by atoms with E-state index in [0.717, 1.165) is 87.1 Å². The molecule has 2 aliphatic heterocycles. The van der Waals surface area contributed by atoms with Crippen molar-refractivity contribution >= 4 is 39.8 Å². The minimum absolute atomic E-state index is 0.198. The summed E-state index contributed by atoms with van der Waals surface area (Å²) in [4.78, 5) is 19.8. The van der Waals surface area contributed by atoms with E-state index in [0.29, 0.717) is 17.3 Å². The number of benzene rings is 2. The zero-order valence-corrected chi connectivity index (χ0v) is 21.2. The second-order valence-electron chi connectivity index (χ2n) is 8.92. The van der Waals surface area contributed by atoms with Gasteiger partial charge in [0.05, 0.1) is 26.0 Å². The Balaban J connectivity index is 1.28. The third kappa shape index (κ3) is 5.33. The van der Waals surface area contributed by atoms with Crippen molar-refractivity contribution in [2.24, 2.45) is 0 Å². The molecule has 0 spiro atoms. The number of nitrogens with one attached hydrogen (secondary N) is 1. The standard InChI is InChI=1S/C26H31ClN6O3/c1-35-23-7-6-19(27)18-22(23)32-10-12-33(13-11-32)25-21-5-3-2-4-20(21)24(29-30-25)26(34)28-8-9-31-14-16-36-17-15-31/h2-7,18H,8-17H2,1H3,(H,28,34). The van der Waals surface area contributed by atoms with Gasteiger partial charge < -0.3 is 24.6 Å². The molecule has 2 fully saturated rings. The van der Waals surface area contributed by atoms with Gasteiger partial charge in [0.15, 0.2) is 11.5 Å². The molecule has 0 bridgehead atoms. The number of carbonyl (C=O) groups is 1. The van der Waals surface area contributed by atoms with E-state index in [-0.39, 0.29) is 5.91 Å². The highest BCUT2D eigenvalue weighted by Crippen LogP contribution is 2.33. The molecule has 3 heterocycles. The monoisotopic (exact) mass is 510 g/mol. The molecule has 3 aromatic rings. The van der Waals surface area contributed by atoms with Crippen LogP contribution >= 0.6 is 11.6 Å². The summed E-state index contributed by atoms with van der Waals surface area (Å²) in [5, 5.41) is 14.3. The summed E-state index contributed by atoms with van der Waals surface area (Å²) in [6.07, 6.45) is 0. The Hall–Kier alpha value is -3.14. The van der Waals surface area contributed by atoms with Crippen LogP contribution in [0.3, 0.4) is 0 Å². The maximum Gasteiger partial charge on any atom is 0.272 e. The number of anilines is 2. The van der Waals surface area contributed by atoms with Crippen molar-refractivity contribution in [3.63, 3.8) is 0 Å². The summed E-state index contributed by atoms with van der Waals surface area (Å²) in [6, 6.07) is 13.5. The Morgan fingerprint density at radius 1 is 1.00 bits per heavy atom. The molecule has 2 saturated heterocycles. The lowest BCUT2D eigenvalue weighted by atomic mass is 10.1. The summed E-state index contributed by atoms with van der Waals surface area (Å²) in [6.45, 7) is 7.73. The van der Waals surface area contributed by atoms with Crippen molar-refractivity contribution in [1.82, 2.24) is 20.4 Å². The molecule has 1 aromatic heterocycles. The number of hydrogen-bond donors (Lipinski definition) is 1. The molecule has 9 nitrogen and oxygen atoms in total. The summed E-state index contributed by atoms with van der Waals surface area (Å²) >= 11 is 6.24. The number of fused-ring (bicyclic) bond motifs is 1. The smallest absolute Gasteiger partial charge is 0.272 e. The van der Waals surface area contributed by atoms with E-state index in [4.69, 9.17) is 21.1 Å². The SMILES string of the molecule is COc1ccc(Cl)cc1N1CCN(c2nnc(C(=O)NCCN3CCOCC3)c3ccccc23)CC1. The second kappa shape index (κ2) is 11.3. The van der Waals surface area contributed by atoms with Crippen LogP contribution in [0.4, 0.5) is 11.5 Å². The van der Waals surface area contributed by atoms with Gasteiger partial charge in [-0.2, -0.15) is 0 Å². The van der Waals surface area contributed by atoms with Crippen LogP contribution in [-0.4, -0.2) is 93.7 Å². The molecule has 190 valence electrons. The van der Waals surface area contributed by atoms with Gasteiger partial charge in [0, 0.05) is 68.2 Å². The molecule has 2 aromatic carbocycles. The van der Waals surface area contributed by atoms with E-state index in [1.807, 2.05) is 42.5 Å². The fourth-order valence-corrected chi connectivity index (χ4v) is 4.96. The molecule has 0 atom stereocenters. The van der Waals surface area contributed by atoms with Gasteiger partial charge in [-0.1, -0.05) is 35.9 Å². The molecule has 2 aliphatic rings. The van der Waals surface area contributed by atoms with Crippen molar-refractivity contribution in [3.8, 4) is 5.75 Å². The number of halogens is 1. The molecular formula is C26H31ClN6O3. The molecule has 36 heavy (non-hydrogen) atoms. The van der Waals surface area contributed by atoms with Crippen LogP contribution in [0.2, 0.25) is 5.02 Å². The number of morpholine rings is 1. The van der Waals surface area contributed by atoms with Gasteiger partial charge in [-0.3, -0.25) is 9.69 Å². The number of carbonyl (C=O) groups excluding carboxylic acids is 1. The molecule has 1 amide bonds. The van der Waals surface area contributed by atoms with Gasteiger partial charge in [-0.05, 0) is 18.2 Å². The maximum atomic E-state index is 13.0. The van der Waals surface area contributed by atoms with E-state index in [2.05, 4.69) is 30.2 Å². The summed E-state index contributed by atoms with van der Waals surface area (Å²) in [5.74, 6) is 1.41. The molecular weight excluding hydrogens is 480 g/mol. The fourth-order valence-electron chi connectivity index (χ4n) is 4.80. The minimum Gasteiger partial charge on any atom is -0.495 e. The molecule has 10 heteroatoms. The van der Waals surface area contributed by atoms with Crippen LogP contribution in [0.25, 0.3) is 10.8 Å². The molecule has 0 unspecified atom stereocenters. The quantitative estimate of drug-likeness (QED) is 0.519. The summed E-state index contributed by atoms with van der Waals surface area (Å²) in [7, 11) is 1.67. The Labute approximate surface area is 215 Å². The number of hydrogen-bond acceptors (Lipinski definition) is 8.